The molecule has 0 aliphatic rings. The SMILES string of the molecule is Cn1cnnc1CCNC(=O)c1ccc(C(N)=NO)cc1. The molecule has 0 spiro atoms. The van der Waals surface area contributed by atoms with Crippen molar-refractivity contribution in [1.29, 1.82) is 0 Å². The lowest BCUT2D eigenvalue weighted by molar-refractivity contribution is 0.0954. The number of carbonyl (C=O) groups excluding carboxylic acids is 1. The maximum atomic E-state index is 11.9. The van der Waals surface area contributed by atoms with Crippen molar-refractivity contribution in [1.82, 2.24) is 20.1 Å². The standard InChI is InChI=1S/C13H16N6O2/c1-19-8-16-17-11(19)6-7-15-13(20)10-4-2-9(3-5-10)12(14)18-21/h2-5,8,21H,6-7H2,1H3,(H2,14,18)(H,15,20). The summed E-state index contributed by atoms with van der Waals surface area (Å²) in [4.78, 5) is 11.9. The lowest BCUT2D eigenvalue weighted by atomic mass is 10.1. The highest BCUT2D eigenvalue weighted by Crippen LogP contribution is 2.04. The van der Waals surface area contributed by atoms with Crippen LogP contribution in [0.5, 0.6) is 0 Å². The van der Waals surface area contributed by atoms with E-state index < -0.39 is 0 Å². The van der Waals surface area contributed by atoms with E-state index in [0.717, 1.165) is 5.82 Å². The van der Waals surface area contributed by atoms with Gasteiger partial charge < -0.3 is 20.8 Å². The Bertz CT molecular complexity index is 647. The molecule has 4 N–H and O–H groups in total. The number of nitrogens with zero attached hydrogens (tertiary/aromatic N) is 4. The Kier molecular flexibility index (Phi) is 4.50. The molecule has 0 unspecified atom stereocenters. The summed E-state index contributed by atoms with van der Waals surface area (Å²) in [7, 11) is 1.85. The van der Waals surface area contributed by atoms with Gasteiger partial charge in [-0.3, -0.25) is 4.79 Å². The highest BCUT2D eigenvalue weighted by atomic mass is 16.4. The maximum absolute atomic E-state index is 11.9. The first-order valence-electron chi connectivity index (χ1n) is 6.31. The molecule has 8 heteroatoms. The number of nitrogens with two attached hydrogens (primary N) is 1. The highest BCUT2D eigenvalue weighted by Gasteiger charge is 2.07. The van der Waals surface area contributed by atoms with E-state index in [9.17, 15) is 4.79 Å². The van der Waals surface area contributed by atoms with E-state index in [1.807, 2.05) is 7.05 Å². The number of aromatic nitrogens is 3. The first kappa shape index (κ1) is 14.5. The van der Waals surface area contributed by atoms with Crippen LogP contribution in [0.3, 0.4) is 0 Å². The quantitative estimate of drug-likeness (QED) is 0.307. The van der Waals surface area contributed by atoms with Crippen molar-refractivity contribution < 1.29 is 10.0 Å². The minimum absolute atomic E-state index is 0.00393. The first-order valence-corrected chi connectivity index (χ1v) is 6.31. The third kappa shape index (κ3) is 3.56. The van der Waals surface area contributed by atoms with Gasteiger partial charge in [0, 0.05) is 31.1 Å². The van der Waals surface area contributed by atoms with Crippen LogP contribution in [0.2, 0.25) is 0 Å². The fourth-order valence-electron chi connectivity index (χ4n) is 1.77. The molecule has 0 saturated carbocycles. The Hall–Kier alpha value is -2.90. The first-order chi connectivity index (χ1) is 10.1. The van der Waals surface area contributed by atoms with E-state index in [0.29, 0.717) is 24.1 Å². The van der Waals surface area contributed by atoms with E-state index >= 15 is 0 Å². The molecular weight excluding hydrogens is 272 g/mol. The second-order valence-corrected chi connectivity index (χ2v) is 4.43. The molecule has 8 nitrogen and oxygen atoms in total. The lowest BCUT2D eigenvalue weighted by Crippen LogP contribution is -2.26. The monoisotopic (exact) mass is 288 g/mol. The van der Waals surface area contributed by atoms with Gasteiger partial charge in [-0.25, -0.2) is 0 Å². The Morgan fingerprint density at radius 2 is 2.05 bits per heavy atom. The van der Waals surface area contributed by atoms with Crippen LogP contribution in [-0.2, 0) is 13.5 Å². The van der Waals surface area contributed by atoms with Gasteiger partial charge in [-0.1, -0.05) is 17.3 Å². The molecule has 0 aliphatic carbocycles. The van der Waals surface area contributed by atoms with Crippen molar-refractivity contribution in [2.24, 2.45) is 17.9 Å². The molecule has 1 amide bonds. The smallest absolute Gasteiger partial charge is 0.251 e. The van der Waals surface area contributed by atoms with E-state index in [4.69, 9.17) is 10.9 Å². The fourth-order valence-corrected chi connectivity index (χ4v) is 1.77. The molecule has 21 heavy (non-hydrogen) atoms. The van der Waals surface area contributed by atoms with Crippen LogP contribution in [-0.4, -0.2) is 38.3 Å². The number of oxime groups is 1. The predicted octanol–water partition coefficient (Wildman–Crippen LogP) is -0.118. The fraction of sp³-hybridized carbons (Fsp3) is 0.231. The number of rotatable bonds is 5. The molecule has 2 aromatic rings. The summed E-state index contributed by atoms with van der Waals surface area (Å²) in [5.74, 6) is 0.616. The van der Waals surface area contributed by atoms with E-state index in [1.165, 1.54) is 0 Å². The number of hydrogen-bond acceptors (Lipinski definition) is 5. The van der Waals surface area contributed by atoms with Crippen LogP contribution < -0.4 is 11.1 Å². The maximum Gasteiger partial charge on any atom is 0.251 e. The van der Waals surface area contributed by atoms with Gasteiger partial charge in [-0.15, -0.1) is 10.2 Å². The number of hydrogen-bond donors (Lipinski definition) is 3. The average molecular weight is 288 g/mol. The van der Waals surface area contributed by atoms with Crippen molar-refractivity contribution >= 4 is 11.7 Å². The zero-order valence-corrected chi connectivity index (χ0v) is 11.5. The van der Waals surface area contributed by atoms with E-state index in [1.54, 1.807) is 35.2 Å². The molecule has 0 fully saturated rings. The zero-order chi connectivity index (χ0) is 15.2. The summed E-state index contributed by atoms with van der Waals surface area (Å²) in [5, 5.41) is 22.0. The molecule has 1 aromatic carbocycles. The molecule has 110 valence electrons. The molecule has 0 bridgehead atoms. The van der Waals surface area contributed by atoms with Gasteiger partial charge in [0.2, 0.25) is 0 Å². The minimum atomic E-state index is -0.191. The van der Waals surface area contributed by atoms with Crippen LogP contribution in [0, 0.1) is 0 Å². The summed E-state index contributed by atoms with van der Waals surface area (Å²) in [6, 6.07) is 6.47. The minimum Gasteiger partial charge on any atom is -0.409 e. The van der Waals surface area contributed by atoms with Gasteiger partial charge in [0.15, 0.2) is 5.84 Å². The van der Waals surface area contributed by atoms with Crippen molar-refractivity contribution in [2.75, 3.05) is 6.54 Å². The summed E-state index contributed by atoms with van der Waals surface area (Å²) in [6.45, 7) is 0.466. The Morgan fingerprint density at radius 1 is 1.38 bits per heavy atom. The van der Waals surface area contributed by atoms with Gasteiger partial charge in [-0.05, 0) is 12.1 Å². The van der Waals surface area contributed by atoms with Crippen LogP contribution in [0.4, 0.5) is 0 Å². The van der Waals surface area contributed by atoms with Gasteiger partial charge in [-0.2, -0.15) is 0 Å². The number of nitrogens with one attached hydrogen (secondary N) is 1. The van der Waals surface area contributed by atoms with Crippen molar-refractivity contribution in [3.8, 4) is 0 Å². The van der Waals surface area contributed by atoms with Gasteiger partial charge in [0.25, 0.3) is 5.91 Å². The average Bonchev–Trinajstić information content (AvgIpc) is 2.92. The number of amidine groups is 1. The molecule has 0 saturated heterocycles. The normalized spacial score (nSPS) is 11.4. The molecule has 1 aromatic heterocycles. The molecule has 0 aliphatic heterocycles. The van der Waals surface area contributed by atoms with Crippen molar-refractivity contribution in [2.45, 2.75) is 6.42 Å². The number of carbonyl (C=O) groups is 1. The third-order valence-electron chi connectivity index (χ3n) is 2.99. The number of amides is 1. The summed E-state index contributed by atoms with van der Waals surface area (Å²) >= 11 is 0. The third-order valence-corrected chi connectivity index (χ3v) is 2.99. The lowest BCUT2D eigenvalue weighted by Gasteiger charge is -2.06. The van der Waals surface area contributed by atoms with Gasteiger partial charge >= 0.3 is 0 Å². The molecular formula is C13H16N6O2. The zero-order valence-electron chi connectivity index (χ0n) is 11.5. The van der Waals surface area contributed by atoms with Gasteiger partial charge in [0.1, 0.15) is 12.2 Å². The van der Waals surface area contributed by atoms with E-state index in [2.05, 4.69) is 20.7 Å². The molecule has 0 atom stereocenters. The predicted molar refractivity (Wildman–Crippen MR) is 76.0 cm³/mol. The molecule has 2 rings (SSSR count). The van der Waals surface area contributed by atoms with Crippen LogP contribution in [0.15, 0.2) is 35.7 Å². The molecule has 1 heterocycles. The highest BCUT2D eigenvalue weighted by molar-refractivity contribution is 5.99. The van der Waals surface area contributed by atoms with E-state index in [-0.39, 0.29) is 11.7 Å². The van der Waals surface area contributed by atoms with Crippen molar-refractivity contribution in [3.63, 3.8) is 0 Å². The van der Waals surface area contributed by atoms with Crippen molar-refractivity contribution in [3.05, 3.63) is 47.5 Å². The molecule has 0 radical (unpaired) electrons. The topological polar surface area (TPSA) is 118 Å². The number of aryl methyl sites for hydroxylation is 1. The second kappa shape index (κ2) is 6.51. The Labute approximate surface area is 121 Å². The largest absolute Gasteiger partial charge is 0.409 e. The Morgan fingerprint density at radius 3 is 2.62 bits per heavy atom. The van der Waals surface area contributed by atoms with Gasteiger partial charge in [0.05, 0.1) is 0 Å². The summed E-state index contributed by atoms with van der Waals surface area (Å²) < 4.78 is 1.80. The van der Waals surface area contributed by atoms with Crippen LogP contribution >= 0.6 is 0 Å². The summed E-state index contributed by atoms with van der Waals surface area (Å²) in [6.07, 6.45) is 2.22. The van der Waals surface area contributed by atoms with Crippen LogP contribution in [0.25, 0.3) is 0 Å². The second-order valence-electron chi connectivity index (χ2n) is 4.43. The van der Waals surface area contributed by atoms with Crippen LogP contribution in [0.1, 0.15) is 21.7 Å². The Balaban J connectivity index is 1.90. The summed E-state index contributed by atoms with van der Waals surface area (Å²) in [5.41, 5.74) is 6.50. The number of benzene rings is 1.